The number of carboxylic acids is 1. The van der Waals surface area contributed by atoms with Gasteiger partial charge in [-0.1, -0.05) is 0 Å². The molecule has 0 spiro atoms. The van der Waals surface area contributed by atoms with E-state index in [1.807, 2.05) is 0 Å². The molecule has 5 heteroatoms. The van der Waals surface area contributed by atoms with Crippen LogP contribution in [0.15, 0.2) is 18.5 Å². The first-order valence-corrected chi connectivity index (χ1v) is 2.76. The summed E-state index contributed by atoms with van der Waals surface area (Å²) in [6, 6.07) is 1.22. The average Bonchev–Trinajstić information content (AvgIpc) is 2.33. The predicted octanol–water partition coefficient (Wildman–Crippen LogP) is 0.712. The number of carboxylic acid groups (broad SMARTS) is 2. The van der Waals surface area contributed by atoms with Crippen molar-refractivity contribution in [2.24, 2.45) is 0 Å². The number of hydrogen-bond acceptors (Lipinski definition) is 2. The molecule has 2 N–H and O–H groups in total. The molecule has 0 atom stereocenters. The molecule has 1 aromatic rings. The zero-order valence-electron chi connectivity index (χ0n) is 5.39. The van der Waals surface area contributed by atoms with Crippen molar-refractivity contribution < 1.29 is 19.8 Å². The van der Waals surface area contributed by atoms with E-state index in [-0.39, 0.29) is 5.56 Å². The van der Waals surface area contributed by atoms with Gasteiger partial charge in [-0.25, -0.2) is 9.59 Å². The van der Waals surface area contributed by atoms with Crippen LogP contribution in [-0.4, -0.2) is 26.8 Å². The van der Waals surface area contributed by atoms with Gasteiger partial charge in [-0.2, -0.15) is 0 Å². The summed E-state index contributed by atoms with van der Waals surface area (Å²) in [5.41, 5.74) is -0.0348. The number of hydrogen-bond donors (Lipinski definition) is 2. The first kappa shape index (κ1) is 7.33. The molecule has 58 valence electrons. The van der Waals surface area contributed by atoms with Gasteiger partial charge < -0.3 is 10.2 Å². The maximum atomic E-state index is 10.2. The second kappa shape index (κ2) is 2.45. The van der Waals surface area contributed by atoms with Gasteiger partial charge in [-0.3, -0.25) is 4.57 Å². The number of carbonyl (C=O) groups is 2. The largest absolute Gasteiger partial charge is 0.478 e. The minimum Gasteiger partial charge on any atom is -0.478 e. The molecule has 0 saturated carbocycles. The summed E-state index contributed by atoms with van der Waals surface area (Å²) in [5.74, 6) is -1.13. The Morgan fingerprint density at radius 1 is 1.36 bits per heavy atom. The van der Waals surface area contributed by atoms with E-state index in [1.54, 1.807) is 0 Å². The van der Waals surface area contributed by atoms with Crippen molar-refractivity contribution in [3.05, 3.63) is 24.0 Å². The molecule has 0 aliphatic rings. The predicted molar refractivity (Wildman–Crippen MR) is 34.8 cm³/mol. The van der Waals surface area contributed by atoms with Crippen LogP contribution >= 0.6 is 0 Å². The standard InChI is InChI=1S/C6H5NO4/c8-5(9)4-1-2-7(3-4)6(10)11/h1-3H,(H,8,9)(H,10,11). The van der Waals surface area contributed by atoms with Gasteiger partial charge in [0, 0.05) is 12.4 Å². The second-order valence-corrected chi connectivity index (χ2v) is 1.90. The third-order valence-electron chi connectivity index (χ3n) is 1.16. The van der Waals surface area contributed by atoms with E-state index in [1.165, 1.54) is 12.3 Å². The molecule has 1 heterocycles. The first-order chi connectivity index (χ1) is 5.11. The fourth-order valence-electron chi connectivity index (χ4n) is 0.642. The van der Waals surface area contributed by atoms with Crippen molar-refractivity contribution in [2.45, 2.75) is 0 Å². The molecule has 0 fully saturated rings. The summed E-state index contributed by atoms with van der Waals surface area (Å²) in [6.45, 7) is 0. The van der Waals surface area contributed by atoms with E-state index in [2.05, 4.69) is 0 Å². The number of aromatic nitrogens is 1. The van der Waals surface area contributed by atoms with Crippen LogP contribution in [0.3, 0.4) is 0 Å². The zero-order valence-corrected chi connectivity index (χ0v) is 5.39. The highest BCUT2D eigenvalue weighted by Gasteiger charge is 2.06. The summed E-state index contributed by atoms with van der Waals surface area (Å²) < 4.78 is 0.781. The second-order valence-electron chi connectivity index (χ2n) is 1.90. The maximum Gasteiger partial charge on any atom is 0.415 e. The van der Waals surface area contributed by atoms with Crippen molar-refractivity contribution in [2.75, 3.05) is 0 Å². The SMILES string of the molecule is O=C(O)c1ccn(C(=O)O)c1. The van der Waals surface area contributed by atoms with Crippen molar-refractivity contribution in [3.8, 4) is 0 Å². The Labute approximate surface area is 61.5 Å². The van der Waals surface area contributed by atoms with Gasteiger partial charge in [0.2, 0.25) is 0 Å². The molecule has 0 radical (unpaired) electrons. The summed E-state index contributed by atoms with van der Waals surface area (Å²) in [4.78, 5) is 20.4. The Morgan fingerprint density at radius 3 is 2.27 bits per heavy atom. The lowest BCUT2D eigenvalue weighted by Crippen LogP contribution is -2.04. The molecule has 0 saturated heterocycles. The topological polar surface area (TPSA) is 79.5 Å². The Hall–Kier alpha value is -1.78. The molecule has 5 nitrogen and oxygen atoms in total. The molecule has 0 aliphatic carbocycles. The minimum absolute atomic E-state index is 0.0348. The number of nitrogens with zero attached hydrogens (tertiary/aromatic N) is 1. The molecule has 0 unspecified atom stereocenters. The third kappa shape index (κ3) is 1.37. The Balaban J connectivity index is 2.99. The van der Waals surface area contributed by atoms with E-state index >= 15 is 0 Å². The normalized spacial score (nSPS) is 9.45. The Morgan fingerprint density at radius 2 is 2.00 bits per heavy atom. The van der Waals surface area contributed by atoms with Crippen LogP contribution < -0.4 is 0 Å². The van der Waals surface area contributed by atoms with E-state index < -0.39 is 12.1 Å². The van der Waals surface area contributed by atoms with Crippen LogP contribution in [-0.2, 0) is 0 Å². The van der Waals surface area contributed by atoms with Crippen LogP contribution in [0.5, 0.6) is 0 Å². The molecule has 0 amide bonds. The summed E-state index contributed by atoms with van der Waals surface area (Å²) in [5, 5.41) is 16.7. The zero-order chi connectivity index (χ0) is 8.43. The van der Waals surface area contributed by atoms with E-state index in [0.29, 0.717) is 0 Å². The lowest BCUT2D eigenvalue weighted by molar-refractivity contribution is 0.0697. The molecule has 11 heavy (non-hydrogen) atoms. The molecule has 1 aromatic heterocycles. The van der Waals surface area contributed by atoms with Gasteiger partial charge >= 0.3 is 12.1 Å². The van der Waals surface area contributed by atoms with Crippen molar-refractivity contribution in [1.82, 2.24) is 4.57 Å². The van der Waals surface area contributed by atoms with Crippen LogP contribution in [0.4, 0.5) is 4.79 Å². The molecule has 0 aromatic carbocycles. The highest BCUT2D eigenvalue weighted by atomic mass is 16.4. The van der Waals surface area contributed by atoms with Crippen LogP contribution in [0, 0.1) is 0 Å². The first-order valence-electron chi connectivity index (χ1n) is 2.76. The highest BCUT2D eigenvalue weighted by molar-refractivity contribution is 5.88. The van der Waals surface area contributed by atoms with Crippen molar-refractivity contribution in [1.29, 1.82) is 0 Å². The molecule has 0 aliphatic heterocycles. The van der Waals surface area contributed by atoms with E-state index in [9.17, 15) is 9.59 Å². The Kier molecular flexibility index (Phi) is 1.63. The van der Waals surface area contributed by atoms with Gasteiger partial charge in [-0.05, 0) is 6.07 Å². The molecular formula is C6H5NO4. The van der Waals surface area contributed by atoms with E-state index in [4.69, 9.17) is 10.2 Å². The molecule has 0 bridgehead atoms. The molecule has 1 rings (SSSR count). The van der Waals surface area contributed by atoms with Crippen LogP contribution in [0.25, 0.3) is 0 Å². The van der Waals surface area contributed by atoms with Gasteiger partial charge in [-0.15, -0.1) is 0 Å². The third-order valence-corrected chi connectivity index (χ3v) is 1.16. The summed E-state index contributed by atoms with van der Waals surface area (Å²) in [6.07, 6.45) is 1.01. The maximum absolute atomic E-state index is 10.2. The molecular weight excluding hydrogens is 150 g/mol. The monoisotopic (exact) mass is 155 g/mol. The van der Waals surface area contributed by atoms with Gasteiger partial charge in [0.05, 0.1) is 5.56 Å². The summed E-state index contributed by atoms with van der Waals surface area (Å²) in [7, 11) is 0. The van der Waals surface area contributed by atoms with Gasteiger partial charge in [0.25, 0.3) is 0 Å². The number of aromatic carboxylic acids is 1. The quantitative estimate of drug-likeness (QED) is 0.625. The minimum atomic E-state index is -1.20. The lowest BCUT2D eigenvalue weighted by Gasteiger charge is -1.88. The fraction of sp³-hybridized carbons (Fsp3) is 0. The van der Waals surface area contributed by atoms with Crippen molar-refractivity contribution >= 4 is 12.1 Å². The Bertz CT molecular complexity index is 273. The highest BCUT2D eigenvalue weighted by Crippen LogP contribution is 1.99. The van der Waals surface area contributed by atoms with E-state index in [0.717, 1.165) is 10.8 Å². The average molecular weight is 155 g/mol. The van der Waals surface area contributed by atoms with Gasteiger partial charge in [0.15, 0.2) is 0 Å². The lowest BCUT2D eigenvalue weighted by atomic mass is 10.4. The van der Waals surface area contributed by atoms with Crippen LogP contribution in [0.1, 0.15) is 10.4 Å². The summed E-state index contributed by atoms with van der Waals surface area (Å²) >= 11 is 0. The van der Waals surface area contributed by atoms with Crippen molar-refractivity contribution in [3.63, 3.8) is 0 Å². The van der Waals surface area contributed by atoms with Gasteiger partial charge in [0.1, 0.15) is 0 Å². The number of rotatable bonds is 1. The fourth-order valence-corrected chi connectivity index (χ4v) is 0.642. The van der Waals surface area contributed by atoms with Crippen LogP contribution in [0.2, 0.25) is 0 Å². The smallest absolute Gasteiger partial charge is 0.415 e.